The second-order valence-electron chi connectivity index (χ2n) is 4.17. The molecule has 0 unspecified atom stereocenters. The third-order valence-corrected chi connectivity index (χ3v) is 3.03. The molecule has 0 aromatic rings. The van der Waals surface area contributed by atoms with Crippen molar-refractivity contribution in [2.24, 2.45) is 5.92 Å². The topological polar surface area (TPSA) is 20.2 Å². The van der Waals surface area contributed by atoms with E-state index >= 15 is 0 Å². The molecule has 12 heavy (non-hydrogen) atoms. The lowest BCUT2D eigenvalue weighted by Crippen LogP contribution is -2.17. The Morgan fingerprint density at radius 1 is 1.08 bits per heavy atom. The minimum absolute atomic E-state index is 0.0208. The van der Waals surface area contributed by atoms with Gasteiger partial charge in [0.15, 0.2) is 0 Å². The molecule has 0 heterocycles. The Kier molecular flexibility index (Phi) is 4.67. The van der Waals surface area contributed by atoms with Crippen molar-refractivity contribution < 1.29 is 5.11 Å². The lowest BCUT2D eigenvalue weighted by atomic mass is 9.84. The smallest absolute Gasteiger partial charge is 0.0540 e. The molecule has 0 aromatic carbocycles. The number of hydrogen-bond acceptors (Lipinski definition) is 1. The van der Waals surface area contributed by atoms with Gasteiger partial charge < -0.3 is 5.11 Å². The summed E-state index contributed by atoms with van der Waals surface area (Å²) in [7, 11) is 0. The molecule has 72 valence electrons. The summed E-state index contributed by atoms with van der Waals surface area (Å²) >= 11 is 0. The van der Waals surface area contributed by atoms with E-state index in [0.717, 1.165) is 18.8 Å². The maximum absolute atomic E-state index is 9.30. The molecule has 0 radical (unpaired) electrons. The van der Waals surface area contributed by atoms with E-state index in [1.54, 1.807) is 0 Å². The van der Waals surface area contributed by atoms with E-state index in [4.69, 9.17) is 0 Å². The Labute approximate surface area is 76.2 Å². The molecule has 0 spiro atoms. The largest absolute Gasteiger partial charge is 0.393 e. The zero-order valence-corrected chi connectivity index (χ0v) is 8.26. The van der Waals surface area contributed by atoms with Crippen molar-refractivity contribution in [2.75, 3.05) is 0 Å². The summed E-state index contributed by atoms with van der Waals surface area (Å²) in [5.41, 5.74) is 0. The first-order valence-corrected chi connectivity index (χ1v) is 5.51. The van der Waals surface area contributed by atoms with Crippen LogP contribution in [0.4, 0.5) is 0 Å². The van der Waals surface area contributed by atoms with Crippen molar-refractivity contribution in [3.05, 3.63) is 0 Å². The average molecular weight is 170 g/mol. The van der Waals surface area contributed by atoms with Crippen LogP contribution in [0.1, 0.15) is 58.3 Å². The Bertz CT molecular complexity index is 104. The van der Waals surface area contributed by atoms with Gasteiger partial charge in [0.2, 0.25) is 0 Å². The van der Waals surface area contributed by atoms with E-state index in [1.165, 1.54) is 38.5 Å². The maximum atomic E-state index is 9.30. The summed E-state index contributed by atoms with van der Waals surface area (Å²) in [6.07, 6.45) is 10.2. The number of unbranched alkanes of at least 4 members (excludes halogenated alkanes) is 2. The molecule has 0 saturated heterocycles. The van der Waals surface area contributed by atoms with Crippen molar-refractivity contribution in [1.29, 1.82) is 0 Å². The van der Waals surface area contributed by atoms with Gasteiger partial charge in [-0.2, -0.15) is 0 Å². The second kappa shape index (κ2) is 5.58. The van der Waals surface area contributed by atoms with E-state index < -0.39 is 0 Å². The van der Waals surface area contributed by atoms with Gasteiger partial charge in [0.1, 0.15) is 0 Å². The Morgan fingerprint density at radius 3 is 2.33 bits per heavy atom. The van der Waals surface area contributed by atoms with Crippen LogP contribution < -0.4 is 0 Å². The molecule has 1 saturated carbocycles. The molecule has 0 atom stereocenters. The molecule has 1 aliphatic rings. The Morgan fingerprint density at radius 2 is 1.75 bits per heavy atom. The quantitative estimate of drug-likeness (QED) is 0.643. The predicted octanol–water partition coefficient (Wildman–Crippen LogP) is 3.12. The molecule has 1 aliphatic carbocycles. The van der Waals surface area contributed by atoms with Crippen LogP contribution >= 0.6 is 0 Å². The van der Waals surface area contributed by atoms with E-state index in [9.17, 15) is 5.11 Å². The van der Waals surface area contributed by atoms with Crippen molar-refractivity contribution in [2.45, 2.75) is 64.4 Å². The molecule has 0 aromatic heterocycles. The zero-order valence-electron chi connectivity index (χ0n) is 8.26. The van der Waals surface area contributed by atoms with Gasteiger partial charge in [0.05, 0.1) is 6.10 Å². The van der Waals surface area contributed by atoms with Crippen LogP contribution in [-0.2, 0) is 0 Å². The third kappa shape index (κ3) is 3.57. The van der Waals surface area contributed by atoms with Crippen LogP contribution in [0.15, 0.2) is 0 Å². The molecular weight excluding hydrogens is 148 g/mol. The van der Waals surface area contributed by atoms with E-state index in [2.05, 4.69) is 6.92 Å². The number of aliphatic hydroxyl groups is 1. The van der Waals surface area contributed by atoms with Gasteiger partial charge in [0.25, 0.3) is 0 Å². The van der Waals surface area contributed by atoms with E-state index in [0.29, 0.717) is 0 Å². The first-order chi connectivity index (χ1) is 5.83. The van der Waals surface area contributed by atoms with Gasteiger partial charge in [-0.15, -0.1) is 0 Å². The molecule has 0 bridgehead atoms. The second-order valence-corrected chi connectivity index (χ2v) is 4.17. The summed E-state index contributed by atoms with van der Waals surface area (Å²) < 4.78 is 0. The summed E-state index contributed by atoms with van der Waals surface area (Å²) in [5.74, 6) is 0.931. The highest BCUT2D eigenvalue weighted by Crippen LogP contribution is 2.28. The highest BCUT2D eigenvalue weighted by atomic mass is 16.3. The minimum Gasteiger partial charge on any atom is -0.393 e. The van der Waals surface area contributed by atoms with E-state index in [-0.39, 0.29) is 6.10 Å². The fourth-order valence-corrected chi connectivity index (χ4v) is 2.12. The summed E-state index contributed by atoms with van der Waals surface area (Å²) in [5, 5.41) is 9.30. The average Bonchev–Trinajstić information content (AvgIpc) is 2.09. The maximum Gasteiger partial charge on any atom is 0.0540 e. The molecule has 1 N–H and O–H groups in total. The van der Waals surface area contributed by atoms with Gasteiger partial charge in [0, 0.05) is 0 Å². The summed E-state index contributed by atoms with van der Waals surface area (Å²) in [6.45, 7) is 2.25. The van der Waals surface area contributed by atoms with Crippen LogP contribution in [-0.4, -0.2) is 11.2 Å². The van der Waals surface area contributed by atoms with Gasteiger partial charge in [-0.1, -0.05) is 32.6 Å². The summed E-state index contributed by atoms with van der Waals surface area (Å²) in [6, 6.07) is 0. The zero-order chi connectivity index (χ0) is 8.81. The Hall–Kier alpha value is -0.0400. The Balaban J connectivity index is 2.01. The first kappa shape index (κ1) is 10.0. The standard InChI is InChI=1S/C11H22O/c1-2-3-4-5-10-6-8-11(12)9-7-10/h10-12H,2-9H2,1H3. The van der Waals surface area contributed by atoms with Crippen LogP contribution in [0.5, 0.6) is 0 Å². The van der Waals surface area contributed by atoms with Crippen LogP contribution in [0.3, 0.4) is 0 Å². The SMILES string of the molecule is CCCCCC1CCC(O)CC1. The normalized spacial score (nSPS) is 30.5. The van der Waals surface area contributed by atoms with Gasteiger partial charge in [-0.05, 0) is 31.6 Å². The lowest BCUT2D eigenvalue weighted by molar-refractivity contribution is 0.106. The van der Waals surface area contributed by atoms with Crippen LogP contribution in [0.25, 0.3) is 0 Å². The third-order valence-electron chi connectivity index (χ3n) is 3.03. The van der Waals surface area contributed by atoms with E-state index in [1.807, 2.05) is 0 Å². The van der Waals surface area contributed by atoms with Gasteiger partial charge in [-0.3, -0.25) is 0 Å². The van der Waals surface area contributed by atoms with Crippen molar-refractivity contribution in [3.63, 3.8) is 0 Å². The van der Waals surface area contributed by atoms with Crippen LogP contribution in [0.2, 0.25) is 0 Å². The number of aliphatic hydroxyl groups excluding tert-OH is 1. The van der Waals surface area contributed by atoms with Crippen molar-refractivity contribution in [1.82, 2.24) is 0 Å². The van der Waals surface area contributed by atoms with Gasteiger partial charge >= 0.3 is 0 Å². The molecule has 1 fully saturated rings. The first-order valence-electron chi connectivity index (χ1n) is 5.51. The monoisotopic (exact) mass is 170 g/mol. The molecule has 0 amide bonds. The fourth-order valence-electron chi connectivity index (χ4n) is 2.12. The van der Waals surface area contributed by atoms with Gasteiger partial charge in [-0.25, -0.2) is 0 Å². The molecule has 1 nitrogen and oxygen atoms in total. The highest BCUT2D eigenvalue weighted by Gasteiger charge is 2.18. The molecular formula is C11H22O. The van der Waals surface area contributed by atoms with Crippen molar-refractivity contribution in [3.8, 4) is 0 Å². The number of hydrogen-bond donors (Lipinski definition) is 1. The molecule has 1 rings (SSSR count). The lowest BCUT2D eigenvalue weighted by Gasteiger charge is -2.25. The van der Waals surface area contributed by atoms with Crippen LogP contribution in [0, 0.1) is 5.92 Å². The number of rotatable bonds is 4. The fraction of sp³-hybridized carbons (Fsp3) is 1.00. The summed E-state index contributed by atoms with van der Waals surface area (Å²) in [4.78, 5) is 0. The minimum atomic E-state index is 0.0208. The molecule has 1 heteroatoms. The van der Waals surface area contributed by atoms with Crippen molar-refractivity contribution >= 4 is 0 Å². The predicted molar refractivity (Wildman–Crippen MR) is 52.1 cm³/mol. The molecule has 0 aliphatic heterocycles. The highest BCUT2D eigenvalue weighted by molar-refractivity contribution is 4.71.